The zero-order chi connectivity index (χ0) is 8.39. The van der Waals surface area contributed by atoms with Crippen LogP contribution in [0.5, 0.6) is 0 Å². The zero-order valence-electron chi connectivity index (χ0n) is 6.95. The van der Waals surface area contributed by atoms with Gasteiger partial charge in [-0.3, -0.25) is 0 Å². The van der Waals surface area contributed by atoms with Gasteiger partial charge in [0, 0.05) is 5.56 Å². The SMILES string of the molecule is Cc1ccc(-c2ccoc2)cc1. The Morgan fingerprint density at radius 1 is 0.917 bits per heavy atom. The molecule has 0 spiro atoms. The first-order chi connectivity index (χ1) is 5.86. The van der Waals surface area contributed by atoms with E-state index in [0.717, 1.165) is 5.56 Å². The summed E-state index contributed by atoms with van der Waals surface area (Å²) in [7, 11) is 0. The molecule has 0 saturated carbocycles. The molecule has 0 atom stereocenters. The lowest BCUT2D eigenvalue weighted by Gasteiger charge is -1.96. The van der Waals surface area contributed by atoms with Gasteiger partial charge in [0.05, 0.1) is 12.5 Å². The molecule has 1 heteroatoms. The lowest BCUT2D eigenvalue weighted by Crippen LogP contribution is -1.73. The number of hydrogen-bond acceptors (Lipinski definition) is 1. The molecule has 1 nitrogen and oxygen atoms in total. The van der Waals surface area contributed by atoms with Crippen LogP contribution < -0.4 is 0 Å². The van der Waals surface area contributed by atoms with E-state index >= 15 is 0 Å². The van der Waals surface area contributed by atoms with Crippen LogP contribution in [0.15, 0.2) is 47.3 Å². The number of furan rings is 1. The first-order valence-electron chi connectivity index (χ1n) is 3.95. The molecule has 0 fully saturated rings. The van der Waals surface area contributed by atoms with Crippen molar-refractivity contribution in [2.24, 2.45) is 0 Å². The minimum Gasteiger partial charge on any atom is -0.472 e. The normalized spacial score (nSPS) is 10.1. The van der Waals surface area contributed by atoms with Crippen LogP contribution in [-0.2, 0) is 0 Å². The Kier molecular flexibility index (Phi) is 1.71. The van der Waals surface area contributed by atoms with Crippen molar-refractivity contribution in [3.8, 4) is 11.1 Å². The fraction of sp³-hybridized carbons (Fsp3) is 0.0909. The highest BCUT2D eigenvalue weighted by Crippen LogP contribution is 2.19. The summed E-state index contributed by atoms with van der Waals surface area (Å²) in [5.41, 5.74) is 3.62. The second kappa shape index (κ2) is 2.86. The standard InChI is InChI=1S/C11H10O/c1-9-2-4-10(5-3-9)11-6-7-12-8-11/h2-8H,1H3. The molecule has 0 radical (unpaired) electrons. The summed E-state index contributed by atoms with van der Waals surface area (Å²) in [6.45, 7) is 2.08. The van der Waals surface area contributed by atoms with E-state index in [2.05, 4.69) is 31.2 Å². The maximum atomic E-state index is 5.00. The monoisotopic (exact) mass is 158 g/mol. The van der Waals surface area contributed by atoms with Crippen molar-refractivity contribution in [2.75, 3.05) is 0 Å². The Morgan fingerprint density at radius 3 is 2.25 bits per heavy atom. The third-order valence-corrected chi connectivity index (χ3v) is 1.91. The Labute approximate surface area is 71.6 Å². The molecule has 0 aliphatic carbocycles. The predicted octanol–water partition coefficient (Wildman–Crippen LogP) is 3.26. The van der Waals surface area contributed by atoms with E-state index in [1.165, 1.54) is 11.1 Å². The second-order valence-electron chi connectivity index (χ2n) is 2.88. The van der Waals surface area contributed by atoms with E-state index in [-0.39, 0.29) is 0 Å². The van der Waals surface area contributed by atoms with Gasteiger partial charge in [0.15, 0.2) is 0 Å². The molecule has 0 N–H and O–H groups in total. The van der Waals surface area contributed by atoms with E-state index in [1.807, 2.05) is 6.07 Å². The van der Waals surface area contributed by atoms with Gasteiger partial charge in [-0.05, 0) is 18.6 Å². The summed E-state index contributed by atoms with van der Waals surface area (Å²) < 4.78 is 5.00. The molecular weight excluding hydrogens is 148 g/mol. The average molecular weight is 158 g/mol. The van der Waals surface area contributed by atoms with Crippen molar-refractivity contribution in [3.63, 3.8) is 0 Å². The minimum absolute atomic E-state index is 1.13. The van der Waals surface area contributed by atoms with E-state index in [0.29, 0.717) is 0 Å². The molecule has 2 aromatic rings. The maximum absolute atomic E-state index is 5.00. The predicted molar refractivity (Wildman–Crippen MR) is 48.9 cm³/mol. The van der Waals surface area contributed by atoms with E-state index in [9.17, 15) is 0 Å². The van der Waals surface area contributed by atoms with Crippen molar-refractivity contribution < 1.29 is 4.42 Å². The molecule has 0 bridgehead atoms. The van der Waals surface area contributed by atoms with E-state index in [1.54, 1.807) is 12.5 Å². The molecule has 1 heterocycles. The van der Waals surface area contributed by atoms with Crippen molar-refractivity contribution in [3.05, 3.63) is 48.4 Å². The van der Waals surface area contributed by atoms with Crippen LogP contribution in [0.2, 0.25) is 0 Å². The number of rotatable bonds is 1. The fourth-order valence-corrected chi connectivity index (χ4v) is 1.17. The minimum atomic E-state index is 1.13. The van der Waals surface area contributed by atoms with Gasteiger partial charge in [-0.25, -0.2) is 0 Å². The largest absolute Gasteiger partial charge is 0.472 e. The molecule has 12 heavy (non-hydrogen) atoms. The van der Waals surface area contributed by atoms with E-state index < -0.39 is 0 Å². The molecule has 60 valence electrons. The second-order valence-corrected chi connectivity index (χ2v) is 2.88. The van der Waals surface area contributed by atoms with Gasteiger partial charge in [0.1, 0.15) is 0 Å². The smallest absolute Gasteiger partial charge is 0.0980 e. The van der Waals surface area contributed by atoms with Gasteiger partial charge in [-0.1, -0.05) is 29.8 Å². The van der Waals surface area contributed by atoms with Crippen molar-refractivity contribution >= 4 is 0 Å². The molecule has 0 saturated heterocycles. The number of aryl methyl sites for hydroxylation is 1. The molecule has 0 amide bonds. The van der Waals surface area contributed by atoms with Crippen LogP contribution in [-0.4, -0.2) is 0 Å². The highest BCUT2D eigenvalue weighted by molar-refractivity contribution is 5.61. The molecule has 1 aromatic carbocycles. The van der Waals surface area contributed by atoms with Crippen LogP contribution in [0.4, 0.5) is 0 Å². The summed E-state index contributed by atoms with van der Waals surface area (Å²) in [5, 5.41) is 0. The van der Waals surface area contributed by atoms with Crippen LogP contribution >= 0.6 is 0 Å². The summed E-state index contributed by atoms with van der Waals surface area (Å²) in [5.74, 6) is 0. The van der Waals surface area contributed by atoms with Gasteiger partial charge in [0.2, 0.25) is 0 Å². The third kappa shape index (κ3) is 1.26. The first-order valence-corrected chi connectivity index (χ1v) is 3.95. The van der Waals surface area contributed by atoms with Gasteiger partial charge in [-0.2, -0.15) is 0 Å². The molecule has 1 aromatic heterocycles. The molecule has 0 aliphatic heterocycles. The van der Waals surface area contributed by atoms with Gasteiger partial charge >= 0.3 is 0 Å². The summed E-state index contributed by atoms with van der Waals surface area (Å²) >= 11 is 0. The highest BCUT2D eigenvalue weighted by Gasteiger charge is 1.96. The number of benzene rings is 1. The Morgan fingerprint density at radius 2 is 1.67 bits per heavy atom. The first kappa shape index (κ1) is 7.17. The molecular formula is C11H10O. The molecule has 0 aliphatic rings. The van der Waals surface area contributed by atoms with Crippen molar-refractivity contribution in [1.29, 1.82) is 0 Å². The Balaban J connectivity index is 2.43. The van der Waals surface area contributed by atoms with E-state index in [4.69, 9.17) is 4.42 Å². The quantitative estimate of drug-likeness (QED) is 0.620. The lowest BCUT2D eigenvalue weighted by molar-refractivity contribution is 0.568. The number of hydrogen-bond donors (Lipinski definition) is 0. The van der Waals surface area contributed by atoms with Gasteiger partial charge in [-0.15, -0.1) is 0 Å². The van der Waals surface area contributed by atoms with Gasteiger partial charge in [0.25, 0.3) is 0 Å². The Hall–Kier alpha value is -1.50. The molecule has 0 unspecified atom stereocenters. The van der Waals surface area contributed by atoms with Crippen LogP contribution in [0, 0.1) is 6.92 Å². The topological polar surface area (TPSA) is 13.1 Å². The maximum Gasteiger partial charge on any atom is 0.0980 e. The van der Waals surface area contributed by atoms with Crippen molar-refractivity contribution in [1.82, 2.24) is 0 Å². The Bertz CT molecular complexity index is 343. The van der Waals surface area contributed by atoms with Crippen LogP contribution in [0.25, 0.3) is 11.1 Å². The summed E-state index contributed by atoms with van der Waals surface area (Å²) in [6, 6.07) is 10.4. The summed E-state index contributed by atoms with van der Waals surface area (Å²) in [4.78, 5) is 0. The fourth-order valence-electron chi connectivity index (χ4n) is 1.17. The summed E-state index contributed by atoms with van der Waals surface area (Å²) in [6.07, 6.45) is 3.44. The van der Waals surface area contributed by atoms with Crippen LogP contribution in [0.3, 0.4) is 0 Å². The highest BCUT2D eigenvalue weighted by atomic mass is 16.3. The van der Waals surface area contributed by atoms with Crippen LogP contribution in [0.1, 0.15) is 5.56 Å². The van der Waals surface area contributed by atoms with Crippen molar-refractivity contribution in [2.45, 2.75) is 6.92 Å². The zero-order valence-corrected chi connectivity index (χ0v) is 6.95. The molecule has 2 rings (SSSR count). The van der Waals surface area contributed by atoms with Gasteiger partial charge < -0.3 is 4.42 Å². The third-order valence-electron chi connectivity index (χ3n) is 1.91. The average Bonchev–Trinajstić information content (AvgIpc) is 2.58. The lowest BCUT2D eigenvalue weighted by atomic mass is 10.1.